The molecule has 1 aromatic rings. The highest BCUT2D eigenvalue weighted by Crippen LogP contribution is 2.34. The molecule has 20 heavy (non-hydrogen) atoms. The molecule has 6 nitrogen and oxygen atoms in total. The summed E-state index contributed by atoms with van der Waals surface area (Å²) in [6.07, 6.45) is 3.86. The summed E-state index contributed by atoms with van der Waals surface area (Å²) in [6, 6.07) is 5.45. The fourth-order valence-electron chi connectivity index (χ4n) is 2.81. The summed E-state index contributed by atoms with van der Waals surface area (Å²) in [5.74, 6) is -0.446. The van der Waals surface area contributed by atoms with E-state index in [0.717, 1.165) is 25.7 Å². The van der Waals surface area contributed by atoms with Gasteiger partial charge in [0.15, 0.2) is 0 Å². The van der Waals surface area contributed by atoms with Crippen molar-refractivity contribution in [1.82, 2.24) is 0 Å². The predicted octanol–water partition coefficient (Wildman–Crippen LogP) is 2.46. The van der Waals surface area contributed by atoms with Gasteiger partial charge >= 0.3 is 5.97 Å². The molecule has 1 aromatic carbocycles. The number of benzene rings is 1. The van der Waals surface area contributed by atoms with Crippen molar-refractivity contribution in [3.63, 3.8) is 0 Å². The first-order valence-electron chi connectivity index (χ1n) is 6.74. The topological polar surface area (TPSA) is 78.7 Å². The van der Waals surface area contributed by atoms with Gasteiger partial charge in [0.1, 0.15) is 6.10 Å². The minimum atomic E-state index is -0.497. The van der Waals surface area contributed by atoms with Gasteiger partial charge in [-0.15, -0.1) is 0 Å². The average Bonchev–Trinajstić information content (AvgIpc) is 2.85. The first kappa shape index (κ1) is 13.1. The first-order valence-corrected chi connectivity index (χ1v) is 6.74. The number of esters is 1. The lowest BCUT2D eigenvalue weighted by molar-refractivity contribution is -0.384. The summed E-state index contributed by atoms with van der Waals surface area (Å²) in [5, 5.41) is 10.6. The zero-order valence-corrected chi connectivity index (χ0v) is 10.9. The Morgan fingerprint density at radius 3 is 2.60 bits per heavy atom. The Morgan fingerprint density at radius 2 is 1.90 bits per heavy atom. The first-order chi connectivity index (χ1) is 9.63. The Morgan fingerprint density at radius 1 is 1.20 bits per heavy atom. The summed E-state index contributed by atoms with van der Waals surface area (Å²) >= 11 is 0. The van der Waals surface area contributed by atoms with E-state index in [-0.39, 0.29) is 17.9 Å². The molecule has 106 valence electrons. The van der Waals surface area contributed by atoms with E-state index in [1.165, 1.54) is 24.3 Å². The van der Waals surface area contributed by atoms with Crippen LogP contribution in [0.3, 0.4) is 0 Å². The van der Waals surface area contributed by atoms with Gasteiger partial charge < -0.3 is 9.47 Å². The van der Waals surface area contributed by atoms with Gasteiger partial charge in [0.2, 0.25) is 0 Å². The maximum atomic E-state index is 12.0. The smallest absolute Gasteiger partial charge is 0.338 e. The molecule has 2 aliphatic heterocycles. The second kappa shape index (κ2) is 5.20. The third kappa shape index (κ3) is 2.51. The summed E-state index contributed by atoms with van der Waals surface area (Å²) in [6.45, 7) is 0. The average molecular weight is 277 g/mol. The molecule has 2 aliphatic rings. The van der Waals surface area contributed by atoms with Gasteiger partial charge in [-0.3, -0.25) is 10.1 Å². The molecule has 0 aliphatic carbocycles. The van der Waals surface area contributed by atoms with Gasteiger partial charge in [0.05, 0.1) is 22.7 Å². The van der Waals surface area contributed by atoms with Crippen LogP contribution in [0.5, 0.6) is 0 Å². The normalized spacial score (nSPS) is 28.1. The van der Waals surface area contributed by atoms with Crippen LogP contribution in [-0.4, -0.2) is 29.2 Å². The van der Waals surface area contributed by atoms with Crippen molar-refractivity contribution in [2.45, 2.75) is 44.0 Å². The molecule has 6 heteroatoms. The minimum Gasteiger partial charge on any atom is -0.456 e. The van der Waals surface area contributed by atoms with Crippen LogP contribution in [-0.2, 0) is 9.47 Å². The molecule has 0 spiro atoms. The van der Waals surface area contributed by atoms with E-state index in [0.29, 0.717) is 11.7 Å². The van der Waals surface area contributed by atoms with Crippen LogP contribution in [0.15, 0.2) is 24.3 Å². The number of nitrogens with zero attached hydrogens (tertiary/aromatic N) is 1. The van der Waals surface area contributed by atoms with E-state index in [1.54, 1.807) is 0 Å². The number of hydrogen-bond donors (Lipinski definition) is 0. The Balaban J connectivity index is 1.65. The molecule has 0 radical (unpaired) electrons. The van der Waals surface area contributed by atoms with Gasteiger partial charge in [-0.05, 0) is 37.8 Å². The third-order valence-electron chi connectivity index (χ3n) is 3.90. The number of fused-ring (bicyclic) bond motifs is 2. The van der Waals surface area contributed by atoms with Crippen LogP contribution in [0.1, 0.15) is 36.0 Å². The van der Waals surface area contributed by atoms with Crippen molar-refractivity contribution >= 4 is 11.7 Å². The second-order valence-corrected chi connectivity index (χ2v) is 5.20. The quantitative estimate of drug-likeness (QED) is 0.481. The van der Waals surface area contributed by atoms with Crippen molar-refractivity contribution in [3.05, 3.63) is 39.9 Å². The minimum absolute atomic E-state index is 0.00995. The Hall–Kier alpha value is -1.95. The van der Waals surface area contributed by atoms with Crippen molar-refractivity contribution in [2.75, 3.05) is 0 Å². The predicted molar refractivity (Wildman–Crippen MR) is 69.4 cm³/mol. The van der Waals surface area contributed by atoms with Crippen LogP contribution < -0.4 is 0 Å². The van der Waals surface area contributed by atoms with E-state index in [4.69, 9.17) is 9.47 Å². The summed E-state index contributed by atoms with van der Waals surface area (Å²) in [7, 11) is 0. The lowest BCUT2D eigenvalue weighted by Gasteiger charge is -2.28. The summed E-state index contributed by atoms with van der Waals surface area (Å²) < 4.78 is 11.2. The lowest BCUT2D eigenvalue weighted by atomic mass is 10.1. The molecule has 0 amide bonds. The molecule has 3 atom stereocenters. The van der Waals surface area contributed by atoms with E-state index in [9.17, 15) is 14.9 Å². The fraction of sp³-hybridized carbons (Fsp3) is 0.500. The number of rotatable bonds is 3. The lowest BCUT2D eigenvalue weighted by Crippen LogP contribution is -2.35. The SMILES string of the molecule is O=C(O[C@H]1CC[C@H]2CC[C@H]1O2)c1ccc([N+](=O)[O-])cc1. The summed E-state index contributed by atoms with van der Waals surface area (Å²) in [4.78, 5) is 22.1. The molecule has 2 fully saturated rings. The van der Waals surface area contributed by atoms with Gasteiger partial charge in [0.25, 0.3) is 5.69 Å². The van der Waals surface area contributed by atoms with Crippen LogP contribution in [0.2, 0.25) is 0 Å². The molecule has 3 rings (SSSR count). The van der Waals surface area contributed by atoms with Gasteiger partial charge in [-0.25, -0.2) is 4.79 Å². The monoisotopic (exact) mass is 277 g/mol. The molecule has 0 saturated carbocycles. The summed E-state index contributed by atoms with van der Waals surface area (Å²) in [5.41, 5.74) is 0.289. The number of nitro benzene ring substituents is 1. The highest BCUT2D eigenvalue weighted by molar-refractivity contribution is 5.89. The van der Waals surface area contributed by atoms with Crippen LogP contribution in [0.25, 0.3) is 0 Å². The largest absolute Gasteiger partial charge is 0.456 e. The number of hydrogen-bond acceptors (Lipinski definition) is 5. The van der Waals surface area contributed by atoms with Gasteiger partial charge in [-0.2, -0.15) is 0 Å². The number of nitro groups is 1. The molecule has 2 saturated heterocycles. The number of ether oxygens (including phenoxy) is 2. The molecule has 2 heterocycles. The fourth-order valence-corrected chi connectivity index (χ4v) is 2.81. The number of non-ortho nitro benzene ring substituents is 1. The molecular formula is C14H15NO5. The van der Waals surface area contributed by atoms with Crippen LogP contribution in [0.4, 0.5) is 5.69 Å². The highest BCUT2D eigenvalue weighted by atomic mass is 16.6. The third-order valence-corrected chi connectivity index (χ3v) is 3.90. The molecule has 0 unspecified atom stereocenters. The van der Waals surface area contributed by atoms with E-state index in [2.05, 4.69) is 0 Å². The Bertz CT molecular complexity index is 527. The molecule has 0 aromatic heterocycles. The molecule has 2 bridgehead atoms. The van der Waals surface area contributed by atoms with Gasteiger partial charge in [-0.1, -0.05) is 0 Å². The van der Waals surface area contributed by atoms with Crippen LogP contribution >= 0.6 is 0 Å². The second-order valence-electron chi connectivity index (χ2n) is 5.20. The maximum Gasteiger partial charge on any atom is 0.338 e. The van der Waals surface area contributed by atoms with Crippen molar-refractivity contribution in [1.29, 1.82) is 0 Å². The van der Waals surface area contributed by atoms with Gasteiger partial charge in [0, 0.05) is 12.1 Å². The zero-order chi connectivity index (χ0) is 14.1. The Labute approximate surface area is 115 Å². The van der Waals surface area contributed by atoms with Crippen LogP contribution in [0, 0.1) is 10.1 Å². The number of carbonyl (C=O) groups excluding carboxylic acids is 1. The molecular weight excluding hydrogens is 262 g/mol. The highest BCUT2D eigenvalue weighted by Gasteiger charge is 2.38. The Kier molecular flexibility index (Phi) is 3.40. The maximum absolute atomic E-state index is 12.0. The number of carbonyl (C=O) groups is 1. The van der Waals surface area contributed by atoms with Crippen molar-refractivity contribution in [3.8, 4) is 0 Å². The van der Waals surface area contributed by atoms with Crippen molar-refractivity contribution in [2.24, 2.45) is 0 Å². The zero-order valence-electron chi connectivity index (χ0n) is 10.9. The van der Waals surface area contributed by atoms with E-state index >= 15 is 0 Å². The van der Waals surface area contributed by atoms with Crippen molar-refractivity contribution < 1.29 is 19.2 Å². The van der Waals surface area contributed by atoms with E-state index < -0.39 is 10.9 Å². The standard InChI is InChI=1S/C14H15NO5/c16-14(9-1-3-10(4-2-9)15(17)18)20-13-8-6-11-5-7-12(13)19-11/h1-4,11-13H,5-8H2/t11-,12-,13+/m1/s1. The van der Waals surface area contributed by atoms with E-state index in [1.807, 2.05) is 0 Å². The molecule has 0 N–H and O–H groups in total.